The fourth-order valence-corrected chi connectivity index (χ4v) is 8.59. The number of rotatable bonds is 13. The van der Waals surface area contributed by atoms with E-state index >= 15 is 0 Å². The van der Waals surface area contributed by atoms with Gasteiger partial charge in [-0.05, 0) is 106 Å². The van der Waals surface area contributed by atoms with Gasteiger partial charge in [0, 0.05) is 41.1 Å². The number of aliphatic hydroxyl groups is 3. The number of fused-ring (bicyclic) bond motifs is 8. The summed E-state index contributed by atoms with van der Waals surface area (Å²) in [6.45, 7) is 8.42. The van der Waals surface area contributed by atoms with E-state index in [4.69, 9.17) is 16.3 Å². The Labute approximate surface area is 308 Å². The van der Waals surface area contributed by atoms with Crippen LogP contribution in [0.25, 0.3) is 0 Å². The van der Waals surface area contributed by atoms with Crippen molar-refractivity contribution in [1.29, 1.82) is 0 Å². The van der Waals surface area contributed by atoms with Crippen molar-refractivity contribution in [2.45, 2.75) is 109 Å². The molecule has 276 valence electrons. The molecule has 1 saturated carbocycles. The first-order valence-corrected chi connectivity index (χ1v) is 19.0. The molecule has 2 bridgehead atoms. The summed E-state index contributed by atoms with van der Waals surface area (Å²) in [5, 5.41) is 35.0. The van der Waals surface area contributed by atoms with Gasteiger partial charge in [0.05, 0.1) is 31.0 Å². The number of Topliss-reactive ketones (excluding diaryl/α,β-unsaturated/α-hetero) is 1. The van der Waals surface area contributed by atoms with Crippen molar-refractivity contribution in [2.24, 2.45) is 5.41 Å². The lowest BCUT2D eigenvalue weighted by atomic mass is 9.64. The predicted octanol–water partition coefficient (Wildman–Crippen LogP) is 8.23. The number of ketones is 1. The Morgan fingerprint density at radius 3 is 2.63 bits per heavy atom. The molecule has 51 heavy (non-hydrogen) atoms. The SMILES string of the molecule is CCCN(C[C@@H](O)COCc1ccccc1)C[C@]1(O)CC[C@H]2c3ccc(cc3C(=O)Cc3c(F)cccc3Cl)C[C@@H](O)CCC(C)=CCC[C@@]21C. The number of allylic oxidation sites excluding steroid dienone is 2. The number of benzene rings is 3. The minimum absolute atomic E-state index is 0.157. The van der Waals surface area contributed by atoms with E-state index in [2.05, 4.69) is 31.7 Å². The van der Waals surface area contributed by atoms with Crippen molar-refractivity contribution in [3.8, 4) is 0 Å². The van der Waals surface area contributed by atoms with Crippen LogP contribution in [0.5, 0.6) is 0 Å². The quantitative estimate of drug-likeness (QED) is 0.122. The number of carbonyl (C=O) groups excluding carboxylic acids is 1. The maximum absolute atomic E-state index is 14.9. The van der Waals surface area contributed by atoms with Crippen LogP contribution in [0.1, 0.15) is 104 Å². The lowest BCUT2D eigenvalue weighted by Gasteiger charge is -2.46. The molecule has 0 aliphatic heterocycles. The molecule has 5 atom stereocenters. The maximum atomic E-state index is 14.9. The zero-order valence-corrected chi connectivity index (χ0v) is 31.2. The molecule has 6 rings (SSSR count). The van der Waals surface area contributed by atoms with Gasteiger partial charge in [-0.3, -0.25) is 9.69 Å². The first-order valence-electron chi connectivity index (χ1n) is 18.6. The number of carbonyl (C=O) groups is 1. The van der Waals surface area contributed by atoms with Crippen LogP contribution >= 0.6 is 11.6 Å². The zero-order chi connectivity index (χ0) is 36.6. The lowest BCUT2D eigenvalue weighted by Crippen LogP contribution is -2.54. The number of halogens is 2. The Kier molecular flexibility index (Phi) is 13.7. The van der Waals surface area contributed by atoms with Gasteiger partial charge in [0.25, 0.3) is 0 Å². The van der Waals surface area contributed by atoms with Crippen LogP contribution in [0.2, 0.25) is 5.02 Å². The van der Waals surface area contributed by atoms with Gasteiger partial charge in [-0.1, -0.05) is 85.6 Å². The van der Waals surface area contributed by atoms with Gasteiger partial charge in [0.2, 0.25) is 0 Å². The summed E-state index contributed by atoms with van der Waals surface area (Å²) in [7, 11) is 0. The maximum Gasteiger partial charge on any atom is 0.167 e. The molecule has 0 spiro atoms. The van der Waals surface area contributed by atoms with E-state index in [-0.39, 0.29) is 35.3 Å². The fourth-order valence-electron chi connectivity index (χ4n) is 8.36. The summed E-state index contributed by atoms with van der Waals surface area (Å²) >= 11 is 6.38. The topological polar surface area (TPSA) is 90.2 Å². The molecule has 0 amide bonds. The molecule has 6 nitrogen and oxygen atoms in total. The van der Waals surface area contributed by atoms with E-state index < -0.39 is 29.0 Å². The van der Waals surface area contributed by atoms with Crippen LogP contribution in [0.3, 0.4) is 0 Å². The number of hydrogen-bond acceptors (Lipinski definition) is 6. The Balaban J connectivity index is 1.45. The van der Waals surface area contributed by atoms with Gasteiger partial charge < -0.3 is 20.1 Å². The Morgan fingerprint density at radius 1 is 1.10 bits per heavy atom. The van der Waals surface area contributed by atoms with Crippen molar-refractivity contribution in [1.82, 2.24) is 4.90 Å². The molecule has 3 aliphatic rings. The molecule has 0 saturated heterocycles. The highest BCUT2D eigenvalue weighted by atomic mass is 35.5. The average molecular weight is 720 g/mol. The van der Waals surface area contributed by atoms with E-state index in [0.717, 1.165) is 36.0 Å². The van der Waals surface area contributed by atoms with E-state index in [1.54, 1.807) is 6.07 Å². The third-order valence-electron chi connectivity index (χ3n) is 11.3. The minimum atomic E-state index is -1.11. The number of nitrogens with zero attached hydrogens (tertiary/aromatic N) is 1. The monoisotopic (exact) mass is 719 g/mol. The van der Waals surface area contributed by atoms with Gasteiger partial charge in [-0.25, -0.2) is 4.39 Å². The second kappa shape index (κ2) is 17.7. The molecule has 3 aromatic carbocycles. The molecule has 3 aliphatic carbocycles. The van der Waals surface area contributed by atoms with Crippen LogP contribution < -0.4 is 0 Å². The van der Waals surface area contributed by atoms with Gasteiger partial charge in [-0.15, -0.1) is 0 Å². The highest BCUT2D eigenvalue weighted by molar-refractivity contribution is 6.31. The molecule has 8 heteroatoms. The van der Waals surface area contributed by atoms with Crippen molar-refractivity contribution >= 4 is 17.4 Å². The number of hydrogen-bond donors (Lipinski definition) is 3. The lowest BCUT2D eigenvalue weighted by molar-refractivity contribution is -0.0906. The van der Waals surface area contributed by atoms with Crippen molar-refractivity contribution < 1.29 is 29.2 Å². The van der Waals surface area contributed by atoms with E-state index in [1.807, 2.05) is 48.5 Å². The van der Waals surface area contributed by atoms with Crippen LogP contribution in [0.15, 0.2) is 78.4 Å². The third-order valence-corrected chi connectivity index (χ3v) is 11.6. The second-order valence-corrected chi connectivity index (χ2v) is 15.5. The largest absolute Gasteiger partial charge is 0.393 e. The zero-order valence-electron chi connectivity index (χ0n) is 30.4. The van der Waals surface area contributed by atoms with Gasteiger partial charge in [-0.2, -0.15) is 0 Å². The average Bonchev–Trinajstić information content (AvgIpc) is 3.34. The van der Waals surface area contributed by atoms with Crippen LogP contribution in [0, 0.1) is 11.2 Å². The molecule has 1 fully saturated rings. The molecule has 3 aromatic rings. The Bertz CT molecular complexity index is 1630. The summed E-state index contributed by atoms with van der Waals surface area (Å²) in [6, 6.07) is 20.2. The van der Waals surface area contributed by atoms with Crippen molar-refractivity contribution in [2.75, 3.05) is 26.2 Å². The molecule has 0 radical (unpaired) electrons. The van der Waals surface area contributed by atoms with Gasteiger partial charge in [0.15, 0.2) is 5.78 Å². The fraction of sp³-hybridized carbons (Fsp3) is 0.512. The summed E-state index contributed by atoms with van der Waals surface area (Å²) in [5.41, 5.74) is 2.89. The van der Waals surface area contributed by atoms with E-state index in [0.29, 0.717) is 63.9 Å². The normalized spacial score (nSPS) is 24.6. The number of ether oxygens (including phenoxy) is 1. The van der Waals surface area contributed by atoms with Crippen LogP contribution in [-0.4, -0.2) is 70.1 Å². The third kappa shape index (κ3) is 9.75. The first-order chi connectivity index (χ1) is 24.4. The van der Waals surface area contributed by atoms with E-state index in [9.17, 15) is 24.5 Å². The summed E-state index contributed by atoms with van der Waals surface area (Å²) in [4.78, 5) is 16.4. The van der Waals surface area contributed by atoms with Gasteiger partial charge >= 0.3 is 0 Å². The van der Waals surface area contributed by atoms with Crippen LogP contribution in [0.4, 0.5) is 4.39 Å². The van der Waals surface area contributed by atoms with Crippen LogP contribution in [-0.2, 0) is 24.2 Å². The minimum Gasteiger partial charge on any atom is -0.393 e. The Morgan fingerprint density at radius 2 is 1.88 bits per heavy atom. The molecule has 3 N–H and O–H groups in total. The van der Waals surface area contributed by atoms with Crippen molar-refractivity contribution in [3.63, 3.8) is 0 Å². The smallest absolute Gasteiger partial charge is 0.167 e. The van der Waals surface area contributed by atoms with E-state index in [1.165, 1.54) is 17.7 Å². The summed E-state index contributed by atoms with van der Waals surface area (Å²) in [5.74, 6) is -0.909. The van der Waals surface area contributed by atoms with Crippen molar-refractivity contribution in [3.05, 3.63) is 117 Å². The number of aliphatic hydroxyl groups excluding tert-OH is 2. The Hall–Kier alpha value is -2.91. The standard InChI is InChI=1S/C43H55ClFNO5/c1-4-22-46(26-34(48)28-51-27-31-11-6-5-7-12-31)29-43(50)21-19-38-35-18-16-32(23-33(47)17-15-30(2)10-9-20-42(38,43)3)24-36(35)41(49)25-37-39(44)13-8-14-40(37)45/h5-8,10-14,16,18,24,33-34,38,47-48,50H,4,9,15,17,19-23,25-29H2,1-3H3/t33-,34+,38-,42-,43+/m0/s1. The summed E-state index contributed by atoms with van der Waals surface area (Å²) < 4.78 is 20.8. The molecule has 0 aromatic heterocycles. The highest BCUT2D eigenvalue weighted by Gasteiger charge is 2.57. The molecular formula is C43H55ClFNO5. The van der Waals surface area contributed by atoms with Gasteiger partial charge in [0.1, 0.15) is 5.82 Å². The summed E-state index contributed by atoms with van der Waals surface area (Å²) in [6.07, 6.45) is 6.02. The molecular weight excluding hydrogens is 665 g/mol. The first kappa shape index (κ1) is 39.3. The highest BCUT2D eigenvalue weighted by Crippen LogP contribution is 2.58. The molecule has 0 heterocycles. The molecule has 0 unspecified atom stereocenters. The predicted molar refractivity (Wildman–Crippen MR) is 202 cm³/mol. The second-order valence-electron chi connectivity index (χ2n) is 15.1.